The van der Waals surface area contributed by atoms with Gasteiger partial charge in [0.25, 0.3) is 5.56 Å². The third-order valence-corrected chi connectivity index (χ3v) is 4.24. The zero-order valence-electron chi connectivity index (χ0n) is 12.6. The smallest absolute Gasteiger partial charge is 0.252 e. The van der Waals surface area contributed by atoms with Crippen LogP contribution in [0.3, 0.4) is 0 Å². The van der Waals surface area contributed by atoms with Crippen molar-refractivity contribution < 1.29 is 4.74 Å². The first-order chi connectivity index (χ1) is 10.3. The second kappa shape index (κ2) is 6.58. The van der Waals surface area contributed by atoms with Crippen molar-refractivity contribution in [2.24, 2.45) is 0 Å². The molecule has 0 spiro atoms. The summed E-state index contributed by atoms with van der Waals surface area (Å²) in [5.41, 5.74) is -0.0279. The highest BCUT2D eigenvalue weighted by Crippen LogP contribution is 2.38. The molecule has 0 aromatic carbocycles. The SMILES string of the molecule is COCCNCC1CCCN1c1cc(=O)[nH]c(C2CC2)n1. The number of aromatic amines is 1. The van der Waals surface area contributed by atoms with Crippen LogP contribution in [0.25, 0.3) is 0 Å². The second-order valence-electron chi connectivity index (χ2n) is 5.95. The van der Waals surface area contributed by atoms with Gasteiger partial charge in [0, 0.05) is 44.8 Å². The van der Waals surface area contributed by atoms with Gasteiger partial charge < -0.3 is 19.9 Å². The number of hydrogen-bond donors (Lipinski definition) is 2. The van der Waals surface area contributed by atoms with E-state index in [1.165, 1.54) is 0 Å². The first-order valence-corrected chi connectivity index (χ1v) is 7.85. The van der Waals surface area contributed by atoms with E-state index < -0.39 is 0 Å². The number of H-pyrrole nitrogens is 1. The number of nitrogens with one attached hydrogen (secondary N) is 2. The molecule has 0 amide bonds. The summed E-state index contributed by atoms with van der Waals surface area (Å²) in [6.45, 7) is 3.48. The van der Waals surface area contributed by atoms with Crippen LogP contribution in [0.4, 0.5) is 5.82 Å². The molecule has 0 bridgehead atoms. The molecule has 6 heteroatoms. The topological polar surface area (TPSA) is 70.2 Å². The molecule has 2 heterocycles. The first kappa shape index (κ1) is 14.5. The van der Waals surface area contributed by atoms with Gasteiger partial charge in [0.1, 0.15) is 11.6 Å². The average molecular weight is 292 g/mol. The Kier molecular flexibility index (Phi) is 4.55. The summed E-state index contributed by atoms with van der Waals surface area (Å²) in [4.78, 5) is 21.7. The molecular weight excluding hydrogens is 268 g/mol. The van der Waals surface area contributed by atoms with Crippen molar-refractivity contribution in [1.82, 2.24) is 15.3 Å². The Morgan fingerprint density at radius 1 is 1.48 bits per heavy atom. The van der Waals surface area contributed by atoms with E-state index in [9.17, 15) is 4.79 Å². The van der Waals surface area contributed by atoms with Crippen molar-refractivity contribution in [3.05, 3.63) is 22.2 Å². The molecule has 1 unspecified atom stereocenters. The predicted octanol–water partition coefficient (Wildman–Crippen LogP) is 0.852. The lowest BCUT2D eigenvalue weighted by atomic mass is 10.2. The van der Waals surface area contributed by atoms with Crippen LogP contribution in [0.5, 0.6) is 0 Å². The van der Waals surface area contributed by atoms with Crippen LogP contribution in [-0.4, -0.2) is 49.4 Å². The summed E-state index contributed by atoms with van der Waals surface area (Å²) in [5, 5.41) is 3.41. The average Bonchev–Trinajstić information content (AvgIpc) is 3.22. The largest absolute Gasteiger partial charge is 0.383 e. The van der Waals surface area contributed by atoms with Crippen molar-refractivity contribution >= 4 is 5.82 Å². The fourth-order valence-corrected chi connectivity index (χ4v) is 2.95. The summed E-state index contributed by atoms with van der Waals surface area (Å²) in [6.07, 6.45) is 4.60. The van der Waals surface area contributed by atoms with E-state index in [0.717, 1.165) is 63.6 Å². The molecule has 1 aromatic rings. The Balaban J connectivity index is 1.68. The molecule has 2 aliphatic rings. The van der Waals surface area contributed by atoms with E-state index in [1.807, 2.05) is 0 Å². The van der Waals surface area contributed by atoms with E-state index in [-0.39, 0.29) is 5.56 Å². The summed E-state index contributed by atoms with van der Waals surface area (Å²) < 4.78 is 5.05. The minimum Gasteiger partial charge on any atom is -0.383 e. The predicted molar refractivity (Wildman–Crippen MR) is 81.9 cm³/mol. The Hall–Kier alpha value is -1.40. The highest BCUT2D eigenvalue weighted by atomic mass is 16.5. The maximum absolute atomic E-state index is 11.9. The van der Waals surface area contributed by atoms with Gasteiger partial charge in [-0.25, -0.2) is 4.98 Å². The monoisotopic (exact) mass is 292 g/mol. The van der Waals surface area contributed by atoms with Gasteiger partial charge in [0.15, 0.2) is 0 Å². The molecule has 3 rings (SSSR count). The molecule has 1 aliphatic carbocycles. The molecule has 1 atom stereocenters. The van der Waals surface area contributed by atoms with Gasteiger partial charge in [0.2, 0.25) is 0 Å². The minimum atomic E-state index is -0.0279. The second-order valence-corrected chi connectivity index (χ2v) is 5.95. The summed E-state index contributed by atoms with van der Waals surface area (Å²) in [6, 6.07) is 2.06. The molecular formula is C15H24N4O2. The lowest BCUT2D eigenvalue weighted by molar-refractivity contribution is 0.199. The van der Waals surface area contributed by atoms with Crippen molar-refractivity contribution in [2.75, 3.05) is 38.3 Å². The van der Waals surface area contributed by atoms with Crippen molar-refractivity contribution in [1.29, 1.82) is 0 Å². The minimum absolute atomic E-state index is 0.0279. The summed E-state index contributed by atoms with van der Waals surface area (Å²) in [7, 11) is 1.71. The summed E-state index contributed by atoms with van der Waals surface area (Å²) in [5.74, 6) is 2.19. The Morgan fingerprint density at radius 3 is 3.10 bits per heavy atom. The molecule has 2 N–H and O–H groups in total. The van der Waals surface area contributed by atoms with E-state index in [2.05, 4.69) is 15.2 Å². The number of aromatic nitrogens is 2. The maximum atomic E-state index is 11.9. The standard InChI is InChI=1S/C15H24N4O2/c1-21-8-6-16-10-12-3-2-7-19(12)13-9-14(20)18-15(17-13)11-4-5-11/h9,11-12,16H,2-8,10H2,1H3,(H,17,18,20). The normalized spacial score (nSPS) is 22.0. The fourth-order valence-electron chi connectivity index (χ4n) is 2.95. The van der Waals surface area contributed by atoms with Gasteiger partial charge in [0.05, 0.1) is 6.61 Å². The zero-order chi connectivity index (χ0) is 14.7. The van der Waals surface area contributed by atoms with E-state index >= 15 is 0 Å². The van der Waals surface area contributed by atoms with Crippen LogP contribution in [0, 0.1) is 0 Å². The first-order valence-electron chi connectivity index (χ1n) is 7.85. The molecule has 1 saturated heterocycles. The maximum Gasteiger partial charge on any atom is 0.252 e. The quantitative estimate of drug-likeness (QED) is 0.729. The van der Waals surface area contributed by atoms with Crippen LogP contribution in [0.1, 0.15) is 37.4 Å². The third-order valence-electron chi connectivity index (χ3n) is 4.24. The number of ether oxygens (including phenoxy) is 1. The van der Waals surface area contributed by atoms with E-state index in [0.29, 0.717) is 12.0 Å². The molecule has 116 valence electrons. The van der Waals surface area contributed by atoms with E-state index in [4.69, 9.17) is 9.72 Å². The molecule has 0 radical (unpaired) electrons. The Labute approximate surface area is 124 Å². The number of hydrogen-bond acceptors (Lipinski definition) is 5. The van der Waals surface area contributed by atoms with Crippen LogP contribution in [0.15, 0.2) is 10.9 Å². The van der Waals surface area contributed by atoms with Crippen LogP contribution in [0.2, 0.25) is 0 Å². The van der Waals surface area contributed by atoms with Crippen LogP contribution >= 0.6 is 0 Å². The van der Waals surface area contributed by atoms with Gasteiger partial charge in [-0.1, -0.05) is 0 Å². The number of nitrogens with zero attached hydrogens (tertiary/aromatic N) is 2. The van der Waals surface area contributed by atoms with Gasteiger partial charge in [-0.15, -0.1) is 0 Å². The number of anilines is 1. The third kappa shape index (κ3) is 3.63. The molecule has 1 saturated carbocycles. The van der Waals surface area contributed by atoms with E-state index in [1.54, 1.807) is 13.2 Å². The molecule has 21 heavy (non-hydrogen) atoms. The Bertz CT molecular complexity index is 527. The summed E-state index contributed by atoms with van der Waals surface area (Å²) >= 11 is 0. The van der Waals surface area contributed by atoms with Gasteiger partial charge >= 0.3 is 0 Å². The van der Waals surface area contributed by atoms with Crippen LogP contribution in [-0.2, 0) is 4.74 Å². The molecule has 2 fully saturated rings. The Morgan fingerprint density at radius 2 is 2.33 bits per heavy atom. The highest BCUT2D eigenvalue weighted by Gasteiger charge is 2.29. The highest BCUT2D eigenvalue weighted by molar-refractivity contribution is 5.41. The van der Waals surface area contributed by atoms with Crippen LogP contribution < -0.4 is 15.8 Å². The van der Waals surface area contributed by atoms with Crippen molar-refractivity contribution in [2.45, 2.75) is 37.6 Å². The van der Waals surface area contributed by atoms with Crippen molar-refractivity contribution in [3.8, 4) is 0 Å². The lowest BCUT2D eigenvalue weighted by Gasteiger charge is -2.26. The molecule has 1 aliphatic heterocycles. The number of rotatable bonds is 7. The number of methoxy groups -OCH3 is 1. The van der Waals surface area contributed by atoms with Gasteiger partial charge in [-0.2, -0.15) is 0 Å². The lowest BCUT2D eigenvalue weighted by Crippen LogP contribution is -2.40. The molecule has 1 aromatic heterocycles. The van der Waals surface area contributed by atoms with Gasteiger partial charge in [-0.3, -0.25) is 4.79 Å². The van der Waals surface area contributed by atoms with Gasteiger partial charge in [-0.05, 0) is 25.7 Å². The zero-order valence-corrected chi connectivity index (χ0v) is 12.6. The molecule has 6 nitrogen and oxygen atoms in total. The van der Waals surface area contributed by atoms with Crippen molar-refractivity contribution in [3.63, 3.8) is 0 Å². The fraction of sp³-hybridized carbons (Fsp3) is 0.733.